The highest BCUT2D eigenvalue weighted by molar-refractivity contribution is 5.04. The lowest BCUT2D eigenvalue weighted by molar-refractivity contribution is -0.140. The summed E-state index contributed by atoms with van der Waals surface area (Å²) < 4.78 is 5.34. The largest absolute Gasteiger partial charge is 0.389 e. The Morgan fingerprint density at radius 3 is 2.47 bits per heavy atom. The molecule has 3 heteroatoms. The van der Waals surface area contributed by atoms with Gasteiger partial charge in [-0.2, -0.15) is 0 Å². The van der Waals surface area contributed by atoms with E-state index in [1.807, 2.05) is 0 Å². The fourth-order valence-corrected chi connectivity index (χ4v) is 3.43. The van der Waals surface area contributed by atoms with E-state index in [0.717, 1.165) is 25.7 Å². The molecule has 15 heavy (non-hydrogen) atoms. The van der Waals surface area contributed by atoms with Crippen molar-refractivity contribution < 1.29 is 9.84 Å². The van der Waals surface area contributed by atoms with Crippen LogP contribution in [-0.4, -0.2) is 30.5 Å². The number of aliphatic hydroxyl groups is 1. The third-order valence-electron chi connectivity index (χ3n) is 4.55. The molecule has 0 amide bonds. The van der Waals surface area contributed by atoms with Gasteiger partial charge in [-0.25, -0.2) is 0 Å². The van der Waals surface area contributed by atoms with Crippen molar-refractivity contribution in [2.75, 3.05) is 19.8 Å². The van der Waals surface area contributed by atoms with Crippen LogP contribution in [0.1, 0.15) is 39.0 Å². The fourth-order valence-electron chi connectivity index (χ4n) is 3.43. The first-order valence-electron chi connectivity index (χ1n) is 6.12. The van der Waals surface area contributed by atoms with Gasteiger partial charge in [0, 0.05) is 38.0 Å². The maximum Gasteiger partial charge on any atom is 0.0759 e. The number of rotatable bonds is 2. The van der Waals surface area contributed by atoms with Crippen LogP contribution in [0, 0.1) is 11.3 Å². The maximum absolute atomic E-state index is 10.8. The van der Waals surface area contributed by atoms with Gasteiger partial charge in [0.25, 0.3) is 0 Å². The fraction of sp³-hybridized carbons (Fsp3) is 1.00. The van der Waals surface area contributed by atoms with Crippen molar-refractivity contribution in [1.82, 2.24) is 0 Å². The minimum Gasteiger partial charge on any atom is -0.389 e. The average molecular weight is 213 g/mol. The Morgan fingerprint density at radius 2 is 2.00 bits per heavy atom. The predicted molar refractivity (Wildman–Crippen MR) is 59.5 cm³/mol. The molecule has 0 aromatic rings. The summed E-state index contributed by atoms with van der Waals surface area (Å²) in [5, 5.41) is 10.8. The van der Waals surface area contributed by atoms with E-state index in [9.17, 15) is 5.11 Å². The van der Waals surface area contributed by atoms with E-state index in [4.69, 9.17) is 10.5 Å². The number of hydrogen-bond donors (Lipinski definition) is 2. The second-order valence-electron chi connectivity index (χ2n) is 5.48. The third kappa shape index (κ3) is 1.81. The van der Waals surface area contributed by atoms with Crippen LogP contribution in [0.4, 0.5) is 0 Å². The van der Waals surface area contributed by atoms with Gasteiger partial charge in [-0.1, -0.05) is 13.3 Å². The number of nitrogens with two attached hydrogens (primary N) is 1. The quantitative estimate of drug-likeness (QED) is 0.727. The minimum atomic E-state index is -0.565. The summed E-state index contributed by atoms with van der Waals surface area (Å²) in [5.74, 6) is 0.709. The minimum absolute atomic E-state index is 0.0316. The highest BCUT2D eigenvalue weighted by Crippen LogP contribution is 2.51. The molecule has 88 valence electrons. The van der Waals surface area contributed by atoms with Crippen LogP contribution >= 0.6 is 0 Å². The van der Waals surface area contributed by atoms with Crippen LogP contribution in [0.2, 0.25) is 0 Å². The highest BCUT2D eigenvalue weighted by Gasteiger charge is 2.52. The molecule has 1 aliphatic heterocycles. The number of hydrogen-bond acceptors (Lipinski definition) is 3. The summed E-state index contributed by atoms with van der Waals surface area (Å²) in [6.07, 6.45) is 4.90. The second-order valence-corrected chi connectivity index (χ2v) is 5.48. The second kappa shape index (κ2) is 4.04. The molecule has 2 unspecified atom stereocenters. The summed E-state index contributed by atoms with van der Waals surface area (Å²) >= 11 is 0. The zero-order valence-corrected chi connectivity index (χ0v) is 9.67. The van der Waals surface area contributed by atoms with Gasteiger partial charge in [-0.05, 0) is 18.8 Å². The molecular formula is C12H23NO2. The molecule has 0 bridgehead atoms. The van der Waals surface area contributed by atoms with Gasteiger partial charge in [0.1, 0.15) is 0 Å². The van der Waals surface area contributed by atoms with E-state index in [1.165, 1.54) is 6.42 Å². The molecule has 0 radical (unpaired) electrons. The van der Waals surface area contributed by atoms with Crippen molar-refractivity contribution in [1.29, 1.82) is 0 Å². The summed E-state index contributed by atoms with van der Waals surface area (Å²) in [5.41, 5.74) is 5.35. The Hall–Kier alpha value is -0.120. The molecule has 3 nitrogen and oxygen atoms in total. The van der Waals surface area contributed by atoms with Gasteiger partial charge in [0.2, 0.25) is 0 Å². The van der Waals surface area contributed by atoms with Crippen molar-refractivity contribution in [3.05, 3.63) is 0 Å². The van der Waals surface area contributed by atoms with Gasteiger partial charge in [0.15, 0.2) is 0 Å². The highest BCUT2D eigenvalue weighted by atomic mass is 16.5. The normalized spacial score (nSPS) is 40.6. The van der Waals surface area contributed by atoms with Crippen LogP contribution < -0.4 is 5.73 Å². The molecule has 0 aromatic carbocycles. The van der Waals surface area contributed by atoms with Crippen LogP contribution in [0.15, 0.2) is 0 Å². The van der Waals surface area contributed by atoms with E-state index in [0.29, 0.717) is 25.7 Å². The summed E-state index contributed by atoms with van der Waals surface area (Å²) in [4.78, 5) is 0. The first-order valence-corrected chi connectivity index (χ1v) is 6.12. The van der Waals surface area contributed by atoms with Gasteiger partial charge in [-0.15, -0.1) is 0 Å². The molecule has 1 saturated heterocycles. The van der Waals surface area contributed by atoms with Crippen molar-refractivity contribution >= 4 is 0 Å². The van der Waals surface area contributed by atoms with Crippen LogP contribution in [0.25, 0.3) is 0 Å². The summed E-state index contributed by atoms with van der Waals surface area (Å²) in [6.45, 7) is 4.26. The zero-order valence-electron chi connectivity index (χ0n) is 9.67. The van der Waals surface area contributed by atoms with E-state index >= 15 is 0 Å². The Morgan fingerprint density at radius 1 is 1.33 bits per heavy atom. The topological polar surface area (TPSA) is 55.5 Å². The van der Waals surface area contributed by atoms with E-state index < -0.39 is 5.60 Å². The SMILES string of the molecule is CC1CCC(CN)(C2(O)CCOCC2)C1. The first kappa shape index (κ1) is 11.4. The molecule has 1 heterocycles. The monoisotopic (exact) mass is 213 g/mol. The van der Waals surface area contributed by atoms with E-state index in [1.54, 1.807) is 0 Å². The summed E-state index contributed by atoms with van der Waals surface area (Å²) in [6, 6.07) is 0. The van der Waals surface area contributed by atoms with Crippen molar-refractivity contribution in [2.45, 2.75) is 44.6 Å². The molecule has 0 spiro atoms. The molecule has 2 aliphatic rings. The van der Waals surface area contributed by atoms with Gasteiger partial charge < -0.3 is 15.6 Å². The van der Waals surface area contributed by atoms with Crippen molar-refractivity contribution in [3.8, 4) is 0 Å². The lowest BCUT2D eigenvalue weighted by Crippen LogP contribution is -2.54. The Kier molecular flexibility index (Phi) is 3.06. The lowest BCUT2D eigenvalue weighted by atomic mass is 9.66. The van der Waals surface area contributed by atoms with E-state index in [-0.39, 0.29) is 5.41 Å². The van der Waals surface area contributed by atoms with Gasteiger partial charge in [-0.3, -0.25) is 0 Å². The molecule has 2 fully saturated rings. The molecule has 3 N–H and O–H groups in total. The van der Waals surface area contributed by atoms with Crippen LogP contribution in [0.5, 0.6) is 0 Å². The predicted octanol–water partition coefficient (Wildman–Crippen LogP) is 1.29. The van der Waals surface area contributed by atoms with Gasteiger partial charge >= 0.3 is 0 Å². The maximum atomic E-state index is 10.8. The average Bonchev–Trinajstić information content (AvgIpc) is 2.63. The van der Waals surface area contributed by atoms with Crippen molar-refractivity contribution in [2.24, 2.45) is 17.1 Å². The molecule has 2 atom stereocenters. The molecular weight excluding hydrogens is 190 g/mol. The Labute approximate surface area is 92.0 Å². The zero-order chi connectivity index (χ0) is 10.9. The standard InChI is InChI=1S/C12H23NO2/c1-10-2-3-11(8-10,9-13)12(14)4-6-15-7-5-12/h10,14H,2-9,13H2,1H3. The third-order valence-corrected chi connectivity index (χ3v) is 4.55. The van der Waals surface area contributed by atoms with Crippen molar-refractivity contribution in [3.63, 3.8) is 0 Å². The molecule has 0 aromatic heterocycles. The molecule has 2 rings (SSSR count). The first-order chi connectivity index (χ1) is 7.12. The Balaban J connectivity index is 2.17. The smallest absolute Gasteiger partial charge is 0.0759 e. The molecule has 1 aliphatic carbocycles. The van der Waals surface area contributed by atoms with E-state index in [2.05, 4.69) is 6.92 Å². The van der Waals surface area contributed by atoms with Crippen LogP contribution in [0.3, 0.4) is 0 Å². The lowest BCUT2D eigenvalue weighted by Gasteiger charge is -2.47. The van der Waals surface area contributed by atoms with Crippen LogP contribution in [-0.2, 0) is 4.74 Å². The molecule has 1 saturated carbocycles. The Bertz CT molecular complexity index is 226. The number of ether oxygens (including phenoxy) is 1. The van der Waals surface area contributed by atoms with Gasteiger partial charge in [0.05, 0.1) is 5.60 Å². The summed E-state index contributed by atoms with van der Waals surface area (Å²) in [7, 11) is 0.